The molecule has 0 amide bonds. The molecule has 1 aromatic rings. The molecule has 2 heterocycles. The molecule has 1 unspecified atom stereocenters. The number of nitrogens with one attached hydrogen (secondary N) is 2. The molecular formula is C14H21F3N4OS. The zero-order valence-corrected chi connectivity index (χ0v) is 14.0. The van der Waals surface area contributed by atoms with Crippen LogP contribution >= 0.6 is 11.3 Å². The van der Waals surface area contributed by atoms with E-state index in [9.17, 15) is 13.2 Å². The Morgan fingerprint density at radius 1 is 1.48 bits per heavy atom. The topological polar surface area (TPSA) is 58.5 Å². The molecule has 1 fully saturated rings. The Hall–Kier alpha value is -1.35. The molecule has 130 valence electrons. The predicted molar refractivity (Wildman–Crippen MR) is 83.8 cm³/mol. The Morgan fingerprint density at radius 3 is 2.83 bits per heavy atom. The minimum atomic E-state index is -4.38. The zero-order valence-electron chi connectivity index (χ0n) is 13.2. The van der Waals surface area contributed by atoms with Crippen molar-refractivity contribution < 1.29 is 17.9 Å². The SMILES string of the molecule is CN=C(NCCc1nc(C(F)(F)F)cs1)NCC1(C)CCCO1. The molecule has 0 saturated carbocycles. The molecule has 1 atom stereocenters. The molecule has 1 aliphatic rings. The van der Waals surface area contributed by atoms with Crippen molar-refractivity contribution in [3.8, 4) is 0 Å². The first-order valence-corrected chi connectivity index (χ1v) is 8.30. The van der Waals surface area contributed by atoms with E-state index in [0.29, 0.717) is 30.5 Å². The molecule has 0 radical (unpaired) electrons. The van der Waals surface area contributed by atoms with E-state index in [4.69, 9.17) is 4.74 Å². The number of nitrogens with zero attached hydrogens (tertiary/aromatic N) is 2. The number of alkyl halides is 3. The van der Waals surface area contributed by atoms with Gasteiger partial charge in [0.05, 0.1) is 10.6 Å². The molecule has 5 nitrogen and oxygen atoms in total. The van der Waals surface area contributed by atoms with Crippen LogP contribution in [0.5, 0.6) is 0 Å². The van der Waals surface area contributed by atoms with Crippen molar-refractivity contribution in [2.75, 3.05) is 26.7 Å². The van der Waals surface area contributed by atoms with Crippen molar-refractivity contribution >= 4 is 17.3 Å². The van der Waals surface area contributed by atoms with E-state index < -0.39 is 11.9 Å². The fourth-order valence-corrected chi connectivity index (χ4v) is 3.12. The second kappa shape index (κ2) is 7.48. The van der Waals surface area contributed by atoms with E-state index in [2.05, 4.69) is 27.5 Å². The number of hydrogen-bond donors (Lipinski definition) is 2. The third-order valence-corrected chi connectivity index (χ3v) is 4.54. The highest BCUT2D eigenvalue weighted by molar-refractivity contribution is 7.09. The monoisotopic (exact) mass is 350 g/mol. The standard InChI is InChI=1S/C14H21F3N4OS/c1-13(5-3-7-22-13)9-20-12(18-2)19-6-4-11-21-10(8-23-11)14(15,16)17/h8H,3-7,9H2,1-2H3,(H2,18,19,20). The van der Waals surface area contributed by atoms with E-state index in [1.165, 1.54) is 0 Å². The first-order valence-electron chi connectivity index (χ1n) is 7.42. The zero-order chi connectivity index (χ0) is 16.9. The van der Waals surface area contributed by atoms with Crippen molar-refractivity contribution in [2.45, 2.75) is 38.0 Å². The average molecular weight is 350 g/mol. The lowest BCUT2D eigenvalue weighted by atomic mass is 10.0. The van der Waals surface area contributed by atoms with Crippen molar-refractivity contribution in [3.63, 3.8) is 0 Å². The Balaban J connectivity index is 1.74. The van der Waals surface area contributed by atoms with E-state index in [0.717, 1.165) is 36.2 Å². The van der Waals surface area contributed by atoms with Gasteiger partial charge in [0.1, 0.15) is 0 Å². The molecule has 0 aliphatic carbocycles. The largest absolute Gasteiger partial charge is 0.434 e. The van der Waals surface area contributed by atoms with Gasteiger partial charge in [0.15, 0.2) is 11.7 Å². The first kappa shape index (κ1) is 18.0. The smallest absolute Gasteiger partial charge is 0.373 e. The summed E-state index contributed by atoms with van der Waals surface area (Å²) in [6.45, 7) is 3.93. The molecule has 1 aromatic heterocycles. The normalized spacial score (nSPS) is 22.4. The van der Waals surface area contributed by atoms with Gasteiger partial charge in [0.2, 0.25) is 0 Å². The highest BCUT2D eigenvalue weighted by Crippen LogP contribution is 2.30. The van der Waals surface area contributed by atoms with Crippen LogP contribution in [0.15, 0.2) is 10.4 Å². The van der Waals surface area contributed by atoms with Gasteiger partial charge in [0, 0.05) is 38.5 Å². The minimum Gasteiger partial charge on any atom is -0.373 e. The molecule has 23 heavy (non-hydrogen) atoms. The van der Waals surface area contributed by atoms with Gasteiger partial charge in [-0.25, -0.2) is 4.98 Å². The van der Waals surface area contributed by atoms with Crippen LogP contribution < -0.4 is 10.6 Å². The number of thiazole rings is 1. The summed E-state index contributed by atoms with van der Waals surface area (Å²) in [5, 5.41) is 7.75. The van der Waals surface area contributed by atoms with Gasteiger partial charge < -0.3 is 15.4 Å². The fourth-order valence-electron chi connectivity index (χ4n) is 2.31. The highest BCUT2D eigenvalue weighted by Gasteiger charge is 2.33. The molecular weight excluding hydrogens is 329 g/mol. The molecule has 2 rings (SSSR count). The summed E-state index contributed by atoms with van der Waals surface area (Å²) in [4.78, 5) is 7.70. The molecule has 0 spiro atoms. The molecule has 9 heteroatoms. The first-order chi connectivity index (χ1) is 10.8. The van der Waals surface area contributed by atoms with Gasteiger partial charge >= 0.3 is 6.18 Å². The summed E-state index contributed by atoms with van der Waals surface area (Å²) < 4.78 is 43.1. The quantitative estimate of drug-likeness (QED) is 0.633. The van der Waals surface area contributed by atoms with Gasteiger partial charge in [0.25, 0.3) is 0 Å². The van der Waals surface area contributed by atoms with E-state index in [1.807, 2.05) is 0 Å². The maximum atomic E-state index is 12.5. The van der Waals surface area contributed by atoms with E-state index >= 15 is 0 Å². The Morgan fingerprint density at radius 2 is 2.26 bits per heavy atom. The molecule has 0 aromatic carbocycles. The number of hydrogen-bond acceptors (Lipinski definition) is 4. The van der Waals surface area contributed by atoms with Crippen LogP contribution in [-0.4, -0.2) is 43.3 Å². The van der Waals surface area contributed by atoms with Gasteiger partial charge in [-0.2, -0.15) is 13.2 Å². The van der Waals surface area contributed by atoms with Crippen LogP contribution in [0.2, 0.25) is 0 Å². The van der Waals surface area contributed by atoms with Crippen molar-refractivity contribution in [1.29, 1.82) is 0 Å². The summed E-state index contributed by atoms with van der Waals surface area (Å²) in [5.74, 6) is 0.606. The number of ether oxygens (including phenoxy) is 1. The molecule has 0 bridgehead atoms. The predicted octanol–water partition coefficient (Wildman–Crippen LogP) is 2.44. The molecule has 2 N–H and O–H groups in total. The number of aromatic nitrogens is 1. The van der Waals surface area contributed by atoms with Gasteiger partial charge in [-0.05, 0) is 19.8 Å². The van der Waals surface area contributed by atoms with Crippen LogP contribution in [0.25, 0.3) is 0 Å². The van der Waals surface area contributed by atoms with E-state index in [-0.39, 0.29) is 5.60 Å². The number of rotatable bonds is 5. The summed E-state index contributed by atoms with van der Waals surface area (Å²) in [6, 6.07) is 0. The van der Waals surface area contributed by atoms with Gasteiger partial charge in [-0.1, -0.05) is 0 Å². The summed E-state index contributed by atoms with van der Waals surface area (Å²) in [7, 11) is 1.65. The van der Waals surface area contributed by atoms with Crippen LogP contribution in [0.1, 0.15) is 30.5 Å². The van der Waals surface area contributed by atoms with Crippen LogP contribution in [0, 0.1) is 0 Å². The lowest BCUT2D eigenvalue weighted by Crippen LogP contribution is -2.45. The van der Waals surface area contributed by atoms with Gasteiger partial charge in [-0.15, -0.1) is 11.3 Å². The summed E-state index contributed by atoms with van der Waals surface area (Å²) in [6.07, 6.45) is -1.92. The number of guanidine groups is 1. The maximum Gasteiger partial charge on any atom is 0.434 e. The van der Waals surface area contributed by atoms with E-state index in [1.54, 1.807) is 7.05 Å². The number of aliphatic imine (C=N–C) groups is 1. The summed E-state index contributed by atoms with van der Waals surface area (Å²) >= 11 is 1.02. The van der Waals surface area contributed by atoms with Crippen molar-refractivity contribution in [2.24, 2.45) is 4.99 Å². The second-order valence-corrected chi connectivity index (χ2v) is 6.57. The van der Waals surface area contributed by atoms with Gasteiger partial charge in [-0.3, -0.25) is 4.99 Å². The van der Waals surface area contributed by atoms with Crippen LogP contribution in [0.4, 0.5) is 13.2 Å². The minimum absolute atomic E-state index is 0.186. The van der Waals surface area contributed by atoms with Crippen molar-refractivity contribution in [3.05, 3.63) is 16.1 Å². The maximum absolute atomic E-state index is 12.5. The third kappa shape index (κ3) is 5.35. The highest BCUT2D eigenvalue weighted by atomic mass is 32.1. The van der Waals surface area contributed by atoms with Crippen LogP contribution in [0.3, 0.4) is 0 Å². The third-order valence-electron chi connectivity index (χ3n) is 3.63. The Bertz CT molecular complexity index is 538. The number of halogens is 3. The molecule has 1 saturated heterocycles. The molecule has 1 aliphatic heterocycles. The lowest BCUT2D eigenvalue weighted by Gasteiger charge is -2.24. The Labute approximate surface area is 137 Å². The lowest BCUT2D eigenvalue weighted by molar-refractivity contribution is -0.140. The fraction of sp³-hybridized carbons (Fsp3) is 0.714. The second-order valence-electron chi connectivity index (χ2n) is 5.63. The average Bonchev–Trinajstić information content (AvgIpc) is 3.12. The van der Waals surface area contributed by atoms with Crippen molar-refractivity contribution in [1.82, 2.24) is 15.6 Å². The Kier molecular flexibility index (Phi) is 5.85. The summed E-state index contributed by atoms with van der Waals surface area (Å²) in [5.41, 5.74) is -1.01. The van der Waals surface area contributed by atoms with Crippen LogP contribution in [-0.2, 0) is 17.3 Å².